The summed E-state index contributed by atoms with van der Waals surface area (Å²) in [6.07, 6.45) is 1.05. The van der Waals surface area contributed by atoms with E-state index in [-0.39, 0.29) is 16.9 Å². The van der Waals surface area contributed by atoms with Crippen molar-refractivity contribution < 1.29 is 22.5 Å². The van der Waals surface area contributed by atoms with Gasteiger partial charge in [-0.2, -0.15) is 10.5 Å². The van der Waals surface area contributed by atoms with E-state index < -0.39 is 41.5 Å². The molecule has 1 aliphatic heterocycles. The first kappa shape index (κ1) is 19.8. The van der Waals surface area contributed by atoms with Crippen LogP contribution in [0.1, 0.15) is 33.5 Å². The molecule has 28 heavy (non-hydrogen) atoms. The highest BCUT2D eigenvalue weighted by Gasteiger charge is 2.52. The molecule has 1 aromatic heterocycles. The molecule has 8 nitrogen and oxygen atoms in total. The fourth-order valence-corrected chi connectivity index (χ4v) is 2.48. The van der Waals surface area contributed by atoms with Gasteiger partial charge in [0.1, 0.15) is 11.6 Å². The molecule has 0 unspecified atom stereocenters. The summed E-state index contributed by atoms with van der Waals surface area (Å²) in [6.45, 7) is 7.06. The number of allylic oxidation sites excluding steroid dienone is 1. The molecule has 0 saturated carbocycles. The van der Waals surface area contributed by atoms with E-state index in [2.05, 4.69) is 25.9 Å². The molecule has 2 N–H and O–H groups in total. The zero-order valence-electron chi connectivity index (χ0n) is 15.5. The van der Waals surface area contributed by atoms with Crippen LogP contribution in [-0.2, 0) is 9.31 Å². The molecule has 1 fully saturated rings. The normalized spacial score (nSPS) is 18.2. The summed E-state index contributed by atoms with van der Waals surface area (Å²) >= 11 is 0. The third-order valence-electron chi connectivity index (χ3n) is 4.77. The minimum Gasteiger partial charge on any atom is -0.399 e. The number of H-pyrrole nitrogens is 1. The number of hydrogen-bond acceptors (Lipinski definition) is 7. The lowest BCUT2D eigenvalue weighted by molar-refractivity contribution is 0.00578. The standard InChI is InChI=1S/C16H16BF3N6O2/c1-15(2)16(3,4)28-17(27-15)9-5-10(18)11(19)12(20)13(9)22-7-8(6-21)14-23-25-26-24-14/h5,7,22H,1-4H3,(H,23,24,25,26). The first-order chi connectivity index (χ1) is 13.1. The van der Waals surface area contributed by atoms with E-state index in [0.29, 0.717) is 0 Å². The molecule has 0 spiro atoms. The number of nitrogens with zero attached hydrogens (tertiary/aromatic N) is 4. The third kappa shape index (κ3) is 3.34. The van der Waals surface area contributed by atoms with Crippen LogP contribution in [0.15, 0.2) is 12.3 Å². The molecule has 1 aromatic carbocycles. The van der Waals surface area contributed by atoms with Crippen LogP contribution < -0.4 is 10.8 Å². The highest BCUT2D eigenvalue weighted by Crippen LogP contribution is 2.37. The molecule has 0 aliphatic carbocycles. The Morgan fingerprint density at radius 3 is 2.39 bits per heavy atom. The number of rotatable bonds is 4. The van der Waals surface area contributed by atoms with Crippen LogP contribution in [-0.4, -0.2) is 38.9 Å². The van der Waals surface area contributed by atoms with E-state index >= 15 is 0 Å². The Morgan fingerprint density at radius 2 is 1.86 bits per heavy atom. The first-order valence-corrected chi connectivity index (χ1v) is 8.21. The molecule has 2 aromatic rings. The van der Waals surface area contributed by atoms with Gasteiger partial charge < -0.3 is 14.6 Å². The molecule has 0 atom stereocenters. The fourth-order valence-electron chi connectivity index (χ4n) is 2.48. The Bertz CT molecular complexity index is 956. The zero-order chi connectivity index (χ0) is 20.7. The maximum atomic E-state index is 14.5. The van der Waals surface area contributed by atoms with Crippen molar-refractivity contribution >= 4 is 23.8 Å². The van der Waals surface area contributed by atoms with Crippen LogP contribution >= 0.6 is 0 Å². The number of hydrogen-bond donors (Lipinski definition) is 2. The zero-order valence-corrected chi connectivity index (χ0v) is 15.5. The molecule has 12 heteroatoms. The van der Waals surface area contributed by atoms with Crippen molar-refractivity contribution in [2.24, 2.45) is 0 Å². The van der Waals surface area contributed by atoms with Crippen molar-refractivity contribution in [3.63, 3.8) is 0 Å². The van der Waals surface area contributed by atoms with Crippen LogP contribution in [0.4, 0.5) is 18.9 Å². The Kier molecular flexibility index (Phi) is 4.90. The second kappa shape index (κ2) is 6.92. The monoisotopic (exact) mass is 392 g/mol. The smallest absolute Gasteiger partial charge is 0.399 e. The van der Waals surface area contributed by atoms with Gasteiger partial charge in [0.05, 0.1) is 16.9 Å². The van der Waals surface area contributed by atoms with Crippen molar-refractivity contribution in [2.45, 2.75) is 38.9 Å². The number of benzene rings is 1. The Hall–Kier alpha value is -2.91. The number of halogens is 3. The van der Waals surface area contributed by atoms with Crippen molar-refractivity contribution in [2.75, 3.05) is 5.32 Å². The molecule has 1 saturated heterocycles. The largest absolute Gasteiger partial charge is 0.497 e. The second-order valence-corrected chi connectivity index (χ2v) is 7.09. The van der Waals surface area contributed by atoms with Gasteiger partial charge in [0.25, 0.3) is 0 Å². The van der Waals surface area contributed by atoms with Crippen molar-refractivity contribution in [1.82, 2.24) is 20.6 Å². The van der Waals surface area contributed by atoms with E-state index in [1.807, 2.05) is 0 Å². The molecule has 3 rings (SSSR count). The Labute approximate surface area is 158 Å². The lowest BCUT2D eigenvalue weighted by Gasteiger charge is -2.32. The van der Waals surface area contributed by atoms with Crippen LogP contribution in [0.2, 0.25) is 0 Å². The first-order valence-electron chi connectivity index (χ1n) is 8.21. The minimum absolute atomic E-state index is 0.0600. The number of aromatic nitrogens is 4. The predicted octanol–water partition coefficient (Wildman–Crippen LogP) is 1.89. The van der Waals surface area contributed by atoms with Crippen molar-refractivity contribution in [3.8, 4) is 6.07 Å². The summed E-state index contributed by atoms with van der Waals surface area (Å²) in [4.78, 5) is 0. The van der Waals surface area contributed by atoms with Crippen LogP contribution in [0, 0.1) is 28.8 Å². The fraction of sp³-hybridized carbons (Fsp3) is 0.375. The summed E-state index contributed by atoms with van der Waals surface area (Å²) < 4.78 is 53.9. The second-order valence-electron chi connectivity index (χ2n) is 7.09. The molecule has 0 radical (unpaired) electrons. The number of anilines is 1. The third-order valence-corrected chi connectivity index (χ3v) is 4.77. The number of nitrogens with one attached hydrogen (secondary N) is 2. The SMILES string of the molecule is CC1(C)OB(c2cc(F)c(F)c(F)c2NC=C(C#N)c2nn[nH]n2)OC1(C)C. The molecule has 1 aliphatic rings. The van der Waals surface area contributed by atoms with Gasteiger partial charge in [-0.25, -0.2) is 13.2 Å². The predicted molar refractivity (Wildman–Crippen MR) is 93.4 cm³/mol. The molecular formula is C16H16BF3N6O2. The summed E-state index contributed by atoms with van der Waals surface area (Å²) in [7, 11) is -1.17. The summed E-state index contributed by atoms with van der Waals surface area (Å²) in [5, 5.41) is 24.4. The van der Waals surface area contributed by atoms with E-state index in [0.717, 1.165) is 12.3 Å². The maximum Gasteiger partial charge on any atom is 0.497 e. The van der Waals surface area contributed by atoms with Crippen LogP contribution in [0.25, 0.3) is 5.57 Å². The lowest BCUT2D eigenvalue weighted by atomic mass is 9.77. The Morgan fingerprint density at radius 1 is 1.21 bits per heavy atom. The van der Waals surface area contributed by atoms with Gasteiger partial charge in [0.2, 0.25) is 5.82 Å². The quantitative estimate of drug-likeness (QED) is 0.465. The molecule has 2 heterocycles. The van der Waals surface area contributed by atoms with Gasteiger partial charge in [-0.1, -0.05) is 0 Å². The topological polar surface area (TPSA) is 109 Å². The van der Waals surface area contributed by atoms with Crippen molar-refractivity contribution in [3.05, 3.63) is 35.5 Å². The van der Waals surface area contributed by atoms with Gasteiger partial charge in [0, 0.05) is 11.7 Å². The average molecular weight is 392 g/mol. The summed E-state index contributed by atoms with van der Waals surface area (Å²) in [5.74, 6) is -4.61. The van der Waals surface area contributed by atoms with Gasteiger partial charge in [-0.15, -0.1) is 10.2 Å². The van der Waals surface area contributed by atoms with Gasteiger partial charge in [-0.05, 0) is 39.0 Å². The Balaban J connectivity index is 2.04. The minimum atomic E-state index is -1.67. The van der Waals surface area contributed by atoms with E-state index in [9.17, 15) is 18.4 Å². The molecular weight excluding hydrogens is 376 g/mol. The maximum absolute atomic E-state index is 14.5. The van der Waals surface area contributed by atoms with Crippen LogP contribution in [0.5, 0.6) is 0 Å². The summed E-state index contributed by atoms with van der Waals surface area (Å²) in [5.41, 5.74) is -2.22. The number of aromatic amines is 1. The van der Waals surface area contributed by atoms with Gasteiger partial charge in [0.15, 0.2) is 17.5 Å². The molecule has 0 bridgehead atoms. The highest BCUT2D eigenvalue weighted by atomic mass is 19.2. The number of nitriles is 1. The number of tetrazole rings is 1. The van der Waals surface area contributed by atoms with Crippen LogP contribution in [0.3, 0.4) is 0 Å². The van der Waals surface area contributed by atoms with Gasteiger partial charge in [-0.3, -0.25) is 0 Å². The van der Waals surface area contributed by atoms with Gasteiger partial charge >= 0.3 is 7.12 Å². The van der Waals surface area contributed by atoms with E-state index in [1.165, 1.54) is 0 Å². The van der Waals surface area contributed by atoms with E-state index in [1.54, 1.807) is 33.8 Å². The summed E-state index contributed by atoms with van der Waals surface area (Å²) in [6, 6.07) is 2.59. The molecule has 146 valence electrons. The van der Waals surface area contributed by atoms with Crippen molar-refractivity contribution in [1.29, 1.82) is 5.26 Å². The van der Waals surface area contributed by atoms with E-state index in [4.69, 9.17) is 9.31 Å². The lowest BCUT2D eigenvalue weighted by Crippen LogP contribution is -2.41. The highest BCUT2D eigenvalue weighted by molar-refractivity contribution is 6.64. The average Bonchev–Trinajstić information content (AvgIpc) is 3.21. The molecule has 0 amide bonds.